The van der Waals surface area contributed by atoms with Crippen LogP contribution in [0.4, 0.5) is 22.7 Å². The Bertz CT molecular complexity index is 2300. The van der Waals surface area contributed by atoms with Crippen molar-refractivity contribution in [3.05, 3.63) is 109 Å². The van der Waals surface area contributed by atoms with E-state index in [1.165, 1.54) is 12.1 Å². The normalized spacial score (nSPS) is 11.8. The summed E-state index contributed by atoms with van der Waals surface area (Å²) in [5.41, 5.74) is -0.274. The van der Waals surface area contributed by atoms with E-state index in [-0.39, 0.29) is 51.6 Å². The maximum Gasteiger partial charge on any atom is 3.00 e. The van der Waals surface area contributed by atoms with Crippen LogP contribution in [0.2, 0.25) is 0 Å². The summed E-state index contributed by atoms with van der Waals surface area (Å²) >= 11 is 0. The molecule has 0 aliphatic heterocycles. The predicted molar refractivity (Wildman–Crippen MR) is 169 cm³/mol. The van der Waals surface area contributed by atoms with Gasteiger partial charge < -0.3 is 25.0 Å². The zero-order valence-electron chi connectivity index (χ0n) is 24.6. The summed E-state index contributed by atoms with van der Waals surface area (Å²) in [7, 11) is -9.15. The van der Waals surface area contributed by atoms with Crippen LogP contribution in [0, 0.1) is 0 Å². The molecule has 0 amide bonds. The van der Waals surface area contributed by atoms with E-state index in [0.717, 1.165) is 47.2 Å². The fourth-order valence-corrected chi connectivity index (χ4v) is 5.36. The van der Waals surface area contributed by atoms with Gasteiger partial charge in [-0.1, -0.05) is 84.3 Å². The molecule has 6 aromatic rings. The van der Waals surface area contributed by atoms with E-state index in [1.807, 2.05) is 12.1 Å². The van der Waals surface area contributed by atoms with Crippen LogP contribution in [-0.2, 0) is 37.6 Å². The molecular weight excluding hydrogens is 716 g/mol. The molecule has 6 rings (SSSR count). The summed E-state index contributed by atoms with van der Waals surface area (Å²) in [6, 6.07) is 26.1. The molecular formula is C32H21CrN4O10S2. The van der Waals surface area contributed by atoms with Crippen molar-refractivity contribution >= 4 is 64.5 Å². The molecule has 0 bridgehead atoms. The fourth-order valence-electron chi connectivity index (χ4n) is 4.37. The number of phenolic OH excluding ortho intramolecular Hbond substituents is 2. The molecule has 1 radical (unpaired) electrons. The van der Waals surface area contributed by atoms with Gasteiger partial charge in [0.2, 0.25) is 0 Å². The first-order valence-corrected chi connectivity index (χ1v) is 16.4. The standard InChI is InChI=1S/2C16H12N2O5S.Cr/c2*19-14-8-6-11(24(21,22)23)9-13(14)17-18-16-12-4-2-1-3-10(12)5-7-15(16)20;/h2*1-9,19-20H,(H,21,22,23);/q;;+3/p-3. The Morgan fingerprint density at radius 1 is 0.531 bits per heavy atom. The van der Waals surface area contributed by atoms with Gasteiger partial charge in [0, 0.05) is 10.8 Å². The van der Waals surface area contributed by atoms with Gasteiger partial charge in [-0.2, -0.15) is 18.6 Å². The molecule has 0 atom stereocenters. The first kappa shape index (κ1) is 36.4. The Morgan fingerprint density at radius 2 is 1.02 bits per heavy atom. The molecule has 0 fully saturated rings. The quantitative estimate of drug-likeness (QED) is 0.129. The third kappa shape index (κ3) is 8.55. The maximum absolute atomic E-state index is 12.0. The van der Waals surface area contributed by atoms with Crippen LogP contribution in [0.15, 0.2) is 139 Å². The predicted octanol–water partition coefficient (Wildman–Crippen LogP) is 6.22. The Hall–Kier alpha value is -5.41. The number of hydrogen-bond acceptors (Lipinski definition) is 13. The van der Waals surface area contributed by atoms with Crippen molar-refractivity contribution in [3.63, 3.8) is 0 Å². The molecule has 0 unspecified atom stereocenters. The number of hydrogen-bond donors (Lipinski definition) is 3. The van der Waals surface area contributed by atoms with Crippen molar-refractivity contribution in [2.45, 2.75) is 9.79 Å². The van der Waals surface area contributed by atoms with Crippen LogP contribution in [0.5, 0.6) is 23.0 Å². The van der Waals surface area contributed by atoms with Crippen molar-refractivity contribution < 1.29 is 63.7 Å². The Kier molecular flexibility index (Phi) is 11.0. The summed E-state index contributed by atoms with van der Waals surface area (Å²) in [6.07, 6.45) is 0. The molecule has 0 saturated heterocycles. The van der Waals surface area contributed by atoms with Crippen LogP contribution in [-0.4, -0.2) is 36.2 Å². The van der Waals surface area contributed by atoms with Crippen molar-refractivity contribution in [2.24, 2.45) is 20.5 Å². The molecule has 49 heavy (non-hydrogen) atoms. The Balaban J connectivity index is 0.000000216. The smallest absolute Gasteiger partial charge is 0.871 e. The van der Waals surface area contributed by atoms with Crippen LogP contribution >= 0.6 is 0 Å². The number of azo groups is 2. The number of phenols is 2. The molecule has 0 aliphatic carbocycles. The number of rotatable bonds is 6. The zero-order valence-corrected chi connectivity index (χ0v) is 27.5. The molecule has 6 aromatic carbocycles. The maximum atomic E-state index is 12.0. The SMILES string of the molecule is O=S(=O)(O)c1ccc(O)c(N=Nc2c(O)ccc3ccccc23)c1.O=S(=O)([O-])c1ccc([O-])c(N=Nc2c([O-])ccc3ccccc23)c1.[Cr+3]. The Labute approximate surface area is 289 Å². The molecule has 0 aromatic heterocycles. The van der Waals surface area contributed by atoms with Gasteiger partial charge in [-0.05, 0) is 47.2 Å². The third-order valence-corrected chi connectivity index (χ3v) is 8.40. The van der Waals surface area contributed by atoms with Gasteiger partial charge in [0.1, 0.15) is 33.0 Å². The summed E-state index contributed by atoms with van der Waals surface area (Å²) < 4.78 is 64.4. The molecule has 0 spiro atoms. The summed E-state index contributed by atoms with van der Waals surface area (Å²) in [5, 5.41) is 61.5. The second kappa shape index (κ2) is 14.8. The minimum atomic E-state index is -4.72. The molecule has 14 nitrogen and oxygen atoms in total. The molecule has 0 heterocycles. The average Bonchev–Trinajstić information content (AvgIpc) is 3.04. The zero-order chi connectivity index (χ0) is 34.6. The minimum Gasteiger partial charge on any atom is -0.871 e. The van der Waals surface area contributed by atoms with E-state index in [4.69, 9.17) is 4.55 Å². The fraction of sp³-hybridized carbons (Fsp3) is 0. The van der Waals surface area contributed by atoms with Crippen molar-refractivity contribution in [2.75, 3.05) is 0 Å². The first-order valence-electron chi connectivity index (χ1n) is 13.5. The van der Waals surface area contributed by atoms with E-state index in [1.54, 1.807) is 48.5 Å². The second-order valence-corrected chi connectivity index (χ2v) is 12.7. The average molecular weight is 738 g/mol. The molecule has 17 heteroatoms. The van der Waals surface area contributed by atoms with Crippen LogP contribution < -0.4 is 10.2 Å². The van der Waals surface area contributed by atoms with E-state index >= 15 is 0 Å². The topological polar surface area (TPSA) is 248 Å². The van der Waals surface area contributed by atoms with Crippen molar-refractivity contribution in [1.82, 2.24) is 0 Å². The molecule has 0 aliphatic rings. The number of benzene rings is 6. The second-order valence-electron chi connectivity index (χ2n) is 9.90. The summed E-state index contributed by atoms with van der Waals surface area (Å²) in [5.74, 6) is -1.43. The molecule has 0 saturated carbocycles. The number of nitrogens with zero attached hydrogens (tertiary/aromatic N) is 4. The van der Waals surface area contributed by atoms with Crippen molar-refractivity contribution in [1.29, 1.82) is 0 Å². The van der Waals surface area contributed by atoms with Gasteiger partial charge in [-0.15, -0.1) is 10.2 Å². The van der Waals surface area contributed by atoms with Gasteiger partial charge >= 0.3 is 17.4 Å². The van der Waals surface area contributed by atoms with Crippen LogP contribution in [0.3, 0.4) is 0 Å². The molecule has 3 N–H and O–H groups in total. The number of aromatic hydroxyl groups is 2. The Morgan fingerprint density at radius 3 is 1.65 bits per heavy atom. The van der Waals surface area contributed by atoms with E-state index in [2.05, 4.69) is 20.5 Å². The van der Waals surface area contributed by atoms with Gasteiger partial charge in [0.25, 0.3) is 10.1 Å². The minimum absolute atomic E-state index is 0. The van der Waals surface area contributed by atoms with E-state index in [9.17, 15) is 41.8 Å². The first-order chi connectivity index (χ1) is 22.7. The molecule has 247 valence electrons. The van der Waals surface area contributed by atoms with Crippen molar-refractivity contribution in [3.8, 4) is 23.0 Å². The summed E-state index contributed by atoms with van der Waals surface area (Å²) in [6.45, 7) is 0. The van der Waals surface area contributed by atoms with E-state index in [0.29, 0.717) is 10.8 Å². The largest absolute Gasteiger partial charge is 3.00 e. The monoisotopic (exact) mass is 737 g/mol. The van der Waals surface area contributed by atoms with E-state index < -0.39 is 41.5 Å². The van der Waals surface area contributed by atoms with Gasteiger partial charge in [0.05, 0.1) is 21.2 Å². The number of fused-ring (bicyclic) bond motifs is 2. The van der Waals surface area contributed by atoms with Crippen LogP contribution in [0.1, 0.15) is 0 Å². The van der Waals surface area contributed by atoms with Crippen LogP contribution in [0.25, 0.3) is 21.5 Å². The summed E-state index contributed by atoms with van der Waals surface area (Å²) in [4.78, 5) is -1.01. The van der Waals surface area contributed by atoms with Gasteiger partial charge in [-0.3, -0.25) is 4.55 Å². The van der Waals surface area contributed by atoms with Gasteiger partial charge in [0.15, 0.2) is 0 Å². The third-order valence-electron chi connectivity index (χ3n) is 6.72. The van der Waals surface area contributed by atoms with Gasteiger partial charge in [-0.25, -0.2) is 8.42 Å².